The van der Waals surface area contributed by atoms with Crippen LogP contribution in [0.25, 0.3) is 0 Å². The fourth-order valence-corrected chi connectivity index (χ4v) is 1.09. The topological polar surface area (TPSA) is 149 Å². The molecule has 82 valence electrons. The van der Waals surface area contributed by atoms with Crippen LogP contribution in [0.2, 0.25) is 0 Å². The van der Waals surface area contributed by atoms with E-state index >= 15 is 0 Å². The Balaban J connectivity index is 3.14. The molecule has 0 saturated heterocycles. The molecule has 0 fully saturated rings. The summed E-state index contributed by atoms with van der Waals surface area (Å²) in [6.45, 7) is 0. The summed E-state index contributed by atoms with van der Waals surface area (Å²) in [4.78, 5) is 36.2. The maximum Gasteiger partial charge on any atom is 0.359 e. The molecule has 15 heavy (non-hydrogen) atoms. The summed E-state index contributed by atoms with van der Waals surface area (Å²) in [6.07, 6.45) is 0.724. The minimum absolute atomic E-state index is 0.646. The van der Waals surface area contributed by atoms with E-state index in [1.807, 2.05) is 4.98 Å². The molecular formula is C5H5N3O6S. The maximum atomic E-state index is 11.0. The molecule has 1 heterocycles. The fraction of sp³-hybridized carbons (Fsp3) is 0. The van der Waals surface area contributed by atoms with Gasteiger partial charge in [0.2, 0.25) is 0 Å². The monoisotopic (exact) mass is 235 g/mol. The lowest BCUT2D eigenvalue weighted by Crippen LogP contribution is -2.36. The number of hydrogen-bond donors (Lipinski definition) is 4. The van der Waals surface area contributed by atoms with E-state index in [0.717, 1.165) is 10.9 Å². The predicted octanol–water partition coefficient (Wildman–Crippen LogP) is -2.40. The highest BCUT2D eigenvalue weighted by atomic mass is 32.2. The van der Waals surface area contributed by atoms with Crippen LogP contribution in [0.15, 0.2) is 15.8 Å². The van der Waals surface area contributed by atoms with Gasteiger partial charge in [-0.05, 0) is 0 Å². The van der Waals surface area contributed by atoms with E-state index in [0.29, 0.717) is 0 Å². The summed E-state index contributed by atoms with van der Waals surface area (Å²) >= 11 is 0. The quantitative estimate of drug-likeness (QED) is 0.419. The van der Waals surface area contributed by atoms with Crippen molar-refractivity contribution in [1.29, 1.82) is 0 Å². The summed E-state index contributed by atoms with van der Waals surface area (Å²) < 4.78 is 29.9. The summed E-state index contributed by atoms with van der Waals surface area (Å²) in [7, 11) is -4.74. The number of carbonyl (C=O) groups excluding carboxylic acids is 1. The second kappa shape index (κ2) is 3.67. The number of H-pyrrole nitrogens is 2. The first kappa shape index (κ1) is 11.1. The average molecular weight is 235 g/mol. The lowest BCUT2D eigenvalue weighted by molar-refractivity contribution is 0.0977. The summed E-state index contributed by atoms with van der Waals surface area (Å²) in [5, 5.41) is 0. The van der Waals surface area contributed by atoms with E-state index < -0.39 is 33.0 Å². The number of nitrogens with one attached hydrogen (secondary N) is 3. The molecule has 0 unspecified atom stereocenters. The van der Waals surface area contributed by atoms with Crippen LogP contribution in [0.4, 0.5) is 0 Å². The SMILES string of the molecule is O=C(NS(=O)(=O)O)c1c[nH]c(=O)[nH]c1=O. The standard InChI is InChI=1S/C5H5N3O6S/c9-3-2(1-6-5(11)7-3)4(10)8-15(12,13)14/h1H,(H,8,10)(H,12,13,14)(H2,6,7,9,11). The van der Waals surface area contributed by atoms with Crippen LogP contribution in [0.3, 0.4) is 0 Å². The molecule has 0 spiro atoms. The van der Waals surface area contributed by atoms with E-state index in [-0.39, 0.29) is 0 Å². The molecule has 0 aliphatic carbocycles. The second-order valence-corrected chi connectivity index (χ2v) is 3.55. The van der Waals surface area contributed by atoms with Gasteiger partial charge in [-0.3, -0.25) is 19.1 Å². The predicted molar refractivity (Wildman–Crippen MR) is 46.7 cm³/mol. The zero-order valence-corrected chi connectivity index (χ0v) is 7.79. The Morgan fingerprint density at radius 1 is 1.40 bits per heavy atom. The zero-order valence-electron chi connectivity index (χ0n) is 6.97. The Labute approximate surface area is 82.0 Å². The van der Waals surface area contributed by atoms with Crippen LogP contribution < -0.4 is 16.0 Å². The number of aromatic amines is 2. The van der Waals surface area contributed by atoms with Crippen LogP contribution in [-0.2, 0) is 10.3 Å². The Kier molecular flexibility index (Phi) is 2.72. The molecule has 1 aromatic rings. The second-order valence-electron chi connectivity index (χ2n) is 2.39. The highest BCUT2D eigenvalue weighted by Gasteiger charge is 2.15. The first-order chi connectivity index (χ1) is 6.79. The molecule has 0 atom stereocenters. The highest BCUT2D eigenvalue weighted by Crippen LogP contribution is 1.86. The minimum atomic E-state index is -4.74. The first-order valence-corrected chi connectivity index (χ1v) is 4.85. The number of amides is 1. The Morgan fingerprint density at radius 2 is 2.00 bits per heavy atom. The third-order valence-corrected chi connectivity index (χ3v) is 1.73. The van der Waals surface area contributed by atoms with Gasteiger partial charge in [0.1, 0.15) is 5.56 Å². The molecule has 0 saturated carbocycles. The smallest absolute Gasteiger partial charge is 0.313 e. The molecule has 4 N–H and O–H groups in total. The van der Waals surface area contributed by atoms with Gasteiger partial charge < -0.3 is 4.98 Å². The molecule has 1 aromatic heterocycles. The van der Waals surface area contributed by atoms with Crippen molar-refractivity contribution >= 4 is 16.2 Å². The van der Waals surface area contributed by atoms with Crippen molar-refractivity contribution in [2.75, 3.05) is 0 Å². The number of rotatable bonds is 2. The number of hydrogen-bond acceptors (Lipinski definition) is 5. The van der Waals surface area contributed by atoms with Crippen LogP contribution in [0.1, 0.15) is 10.4 Å². The van der Waals surface area contributed by atoms with Crippen molar-refractivity contribution in [3.63, 3.8) is 0 Å². The third-order valence-electron chi connectivity index (χ3n) is 1.29. The third kappa shape index (κ3) is 3.03. The summed E-state index contributed by atoms with van der Waals surface area (Å²) in [5.41, 5.74) is -2.56. The van der Waals surface area contributed by atoms with Crippen molar-refractivity contribution < 1.29 is 17.8 Å². The van der Waals surface area contributed by atoms with Gasteiger partial charge in [0, 0.05) is 6.20 Å². The average Bonchev–Trinajstić information content (AvgIpc) is 1.99. The highest BCUT2D eigenvalue weighted by molar-refractivity contribution is 7.84. The molecule has 0 bridgehead atoms. The lowest BCUT2D eigenvalue weighted by atomic mass is 10.3. The number of aromatic nitrogens is 2. The van der Waals surface area contributed by atoms with Gasteiger partial charge in [-0.25, -0.2) is 9.52 Å². The van der Waals surface area contributed by atoms with Crippen LogP contribution in [0, 0.1) is 0 Å². The summed E-state index contributed by atoms with van der Waals surface area (Å²) in [5.74, 6) is -1.35. The van der Waals surface area contributed by atoms with E-state index in [4.69, 9.17) is 4.55 Å². The zero-order chi connectivity index (χ0) is 11.6. The summed E-state index contributed by atoms with van der Waals surface area (Å²) in [6, 6.07) is 0. The molecule has 0 radical (unpaired) electrons. The normalized spacial score (nSPS) is 11.0. The Bertz CT molecular complexity index is 596. The van der Waals surface area contributed by atoms with Gasteiger partial charge in [0.05, 0.1) is 0 Å². The van der Waals surface area contributed by atoms with Crippen molar-refractivity contribution in [3.8, 4) is 0 Å². The molecule has 0 aliphatic heterocycles. The van der Waals surface area contributed by atoms with Gasteiger partial charge in [0.25, 0.3) is 11.5 Å². The maximum absolute atomic E-state index is 11.0. The van der Waals surface area contributed by atoms with Crippen molar-refractivity contribution in [3.05, 3.63) is 32.6 Å². The molecule has 1 amide bonds. The van der Waals surface area contributed by atoms with E-state index in [9.17, 15) is 22.8 Å². The minimum Gasteiger partial charge on any atom is -0.313 e. The molecule has 1 rings (SSSR count). The first-order valence-electron chi connectivity index (χ1n) is 3.41. The largest absolute Gasteiger partial charge is 0.359 e. The molecular weight excluding hydrogens is 230 g/mol. The van der Waals surface area contributed by atoms with Gasteiger partial charge in [-0.1, -0.05) is 0 Å². The van der Waals surface area contributed by atoms with Crippen molar-refractivity contribution in [2.24, 2.45) is 0 Å². The Morgan fingerprint density at radius 3 is 2.47 bits per heavy atom. The molecule has 0 aromatic carbocycles. The molecule has 0 aliphatic rings. The van der Waals surface area contributed by atoms with E-state index in [1.165, 1.54) is 0 Å². The fourth-order valence-electron chi connectivity index (χ4n) is 0.751. The van der Waals surface area contributed by atoms with Crippen molar-refractivity contribution in [2.45, 2.75) is 0 Å². The van der Waals surface area contributed by atoms with Crippen LogP contribution in [-0.4, -0.2) is 28.8 Å². The van der Waals surface area contributed by atoms with Gasteiger partial charge in [0.15, 0.2) is 0 Å². The van der Waals surface area contributed by atoms with Gasteiger partial charge in [-0.15, -0.1) is 0 Å². The van der Waals surface area contributed by atoms with E-state index in [2.05, 4.69) is 0 Å². The number of carbonyl (C=O) groups is 1. The van der Waals surface area contributed by atoms with E-state index in [1.54, 1.807) is 4.98 Å². The molecule has 10 heteroatoms. The lowest BCUT2D eigenvalue weighted by Gasteiger charge is -1.98. The van der Waals surface area contributed by atoms with Gasteiger partial charge in [-0.2, -0.15) is 8.42 Å². The van der Waals surface area contributed by atoms with Crippen LogP contribution in [0.5, 0.6) is 0 Å². The van der Waals surface area contributed by atoms with Crippen molar-refractivity contribution in [1.82, 2.24) is 14.7 Å². The Hall–Kier alpha value is -1.94. The molecule has 9 nitrogen and oxygen atoms in total. The van der Waals surface area contributed by atoms with Crippen LogP contribution >= 0.6 is 0 Å². The van der Waals surface area contributed by atoms with Gasteiger partial charge >= 0.3 is 16.0 Å².